The van der Waals surface area contributed by atoms with Crippen LogP contribution in [-0.2, 0) is 21.2 Å². The Hall–Kier alpha value is -2.33. The van der Waals surface area contributed by atoms with Crippen LogP contribution in [0, 0.1) is 12.7 Å². The fraction of sp³-hybridized carbons (Fsp3) is 0.273. The monoisotopic (exact) mass is 493 g/mol. The maximum Gasteiger partial charge on any atom is 0.252 e. The molecule has 1 heterocycles. The number of amides is 1. The molecule has 1 aromatic heterocycles. The van der Waals surface area contributed by atoms with E-state index in [9.17, 15) is 17.6 Å². The van der Waals surface area contributed by atoms with Gasteiger partial charge in [0.25, 0.3) is 10.0 Å². The standard InChI is InChI=1S/C22H21ClFN3O3S2/c1-13-21(32(29,30)26-19-12-17(19)23)31-22(25-13)27(2)20(28)11-14-7-9-15(10-8-14)16-5-3-4-6-18(16)24/h3-10,17,19,26H,11-12H2,1-2H3. The second kappa shape index (κ2) is 8.90. The van der Waals surface area contributed by atoms with E-state index in [1.54, 1.807) is 56.4 Å². The van der Waals surface area contributed by atoms with Gasteiger partial charge in [0.05, 0.1) is 17.5 Å². The fourth-order valence-electron chi connectivity index (χ4n) is 3.20. The molecule has 0 aliphatic heterocycles. The summed E-state index contributed by atoms with van der Waals surface area (Å²) in [4.78, 5) is 18.4. The Bertz CT molecular complexity index is 1260. The Morgan fingerprint density at radius 1 is 1.25 bits per heavy atom. The highest BCUT2D eigenvalue weighted by molar-refractivity contribution is 7.91. The number of alkyl halides is 1. The number of hydrogen-bond donors (Lipinski definition) is 1. The molecule has 4 rings (SSSR count). The quantitative estimate of drug-likeness (QED) is 0.502. The Morgan fingerprint density at radius 2 is 1.91 bits per heavy atom. The molecule has 2 unspecified atom stereocenters. The molecule has 1 N–H and O–H groups in total. The molecule has 0 saturated heterocycles. The van der Waals surface area contributed by atoms with Crippen LogP contribution in [0.3, 0.4) is 0 Å². The molecule has 1 aliphatic rings. The first-order chi connectivity index (χ1) is 15.2. The largest absolute Gasteiger partial charge is 0.291 e. The van der Waals surface area contributed by atoms with Crippen LogP contribution < -0.4 is 9.62 Å². The molecule has 10 heteroatoms. The minimum Gasteiger partial charge on any atom is -0.291 e. The third-order valence-electron chi connectivity index (χ3n) is 5.16. The van der Waals surface area contributed by atoms with E-state index in [0.29, 0.717) is 22.8 Å². The molecule has 0 bridgehead atoms. The van der Waals surface area contributed by atoms with E-state index in [2.05, 4.69) is 9.71 Å². The first-order valence-electron chi connectivity index (χ1n) is 9.90. The highest BCUT2D eigenvalue weighted by Gasteiger charge is 2.40. The molecule has 1 aliphatic carbocycles. The van der Waals surface area contributed by atoms with E-state index >= 15 is 0 Å². The number of anilines is 1. The number of nitrogens with one attached hydrogen (secondary N) is 1. The summed E-state index contributed by atoms with van der Waals surface area (Å²) >= 11 is 6.85. The van der Waals surface area contributed by atoms with Crippen molar-refractivity contribution in [3.63, 3.8) is 0 Å². The molecule has 1 fully saturated rings. The maximum absolute atomic E-state index is 14.0. The summed E-state index contributed by atoms with van der Waals surface area (Å²) in [5.74, 6) is -0.545. The van der Waals surface area contributed by atoms with Crippen molar-refractivity contribution in [3.05, 3.63) is 65.6 Å². The van der Waals surface area contributed by atoms with Crippen LogP contribution in [0.25, 0.3) is 11.1 Å². The second-order valence-corrected chi connectivity index (χ2v) is 11.1. The summed E-state index contributed by atoms with van der Waals surface area (Å²) in [5, 5.41) is 0.112. The van der Waals surface area contributed by atoms with Crippen LogP contribution >= 0.6 is 22.9 Å². The van der Waals surface area contributed by atoms with Gasteiger partial charge < -0.3 is 0 Å². The summed E-state index contributed by atoms with van der Waals surface area (Å²) in [7, 11) is -2.18. The van der Waals surface area contributed by atoms with Crippen molar-refractivity contribution in [2.75, 3.05) is 11.9 Å². The Balaban J connectivity index is 1.46. The number of aryl methyl sites for hydroxylation is 1. The molecular weight excluding hydrogens is 473 g/mol. The predicted octanol–water partition coefficient (Wildman–Crippen LogP) is 4.12. The van der Waals surface area contributed by atoms with Gasteiger partial charge in [-0.3, -0.25) is 9.69 Å². The Labute approximate surface area is 195 Å². The van der Waals surface area contributed by atoms with Crippen LogP contribution in [0.2, 0.25) is 0 Å². The van der Waals surface area contributed by atoms with Crippen LogP contribution in [0.15, 0.2) is 52.7 Å². The highest BCUT2D eigenvalue weighted by Crippen LogP contribution is 2.33. The van der Waals surface area contributed by atoms with E-state index in [-0.39, 0.29) is 33.8 Å². The number of hydrogen-bond acceptors (Lipinski definition) is 5. The zero-order chi connectivity index (χ0) is 23.0. The van der Waals surface area contributed by atoms with E-state index in [1.165, 1.54) is 11.0 Å². The molecule has 1 amide bonds. The number of benzene rings is 2. The van der Waals surface area contributed by atoms with Crippen molar-refractivity contribution in [1.82, 2.24) is 9.71 Å². The van der Waals surface area contributed by atoms with Gasteiger partial charge in [-0.2, -0.15) is 0 Å². The lowest BCUT2D eigenvalue weighted by molar-refractivity contribution is -0.117. The first-order valence-corrected chi connectivity index (χ1v) is 12.6. The van der Waals surface area contributed by atoms with Gasteiger partial charge in [-0.25, -0.2) is 22.5 Å². The van der Waals surface area contributed by atoms with Gasteiger partial charge in [0, 0.05) is 18.7 Å². The summed E-state index contributed by atoms with van der Waals surface area (Å²) in [5.41, 5.74) is 2.31. The molecule has 0 spiro atoms. The Kier molecular flexibility index (Phi) is 6.35. The number of halogens is 2. The van der Waals surface area contributed by atoms with E-state index in [4.69, 9.17) is 11.6 Å². The van der Waals surface area contributed by atoms with Crippen LogP contribution in [0.5, 0.6) is 0 Å². The summed E-state index contributed by atoms with van der Waals surface area (Å²) in [6.45, 7) is 1.60. The van der Waals surface area contributed by atoms with Gasteiger partial charge in [0.15, 0.2) is 9.34 Å². The zero-order valence-corrected chi connectivity index (χ0v) is 19.8. The number of rotatable bonds is 7. The molecule has 0 radical (unpaired) electrons. The molecule has 3 aromatic rings. The lowest BCUT2D eigenvalue weighted by Gasteiger charge is -2.14. The van der Waals surface area contributed by atoms with E-state index in [1.807, 2.05) is 0 Å². The first kappa shape index (κ1) is 22.8. The van der Waals surface area contributed by atoms with E-state index < -0.39 is 10.0 Å². The number of carbonyl (C=O) groups is 1. The van der Waals surface area contributed by atoms with Crippen molar-refractivity contribution in [3.8, 4) is 11.1 Å². The molecule has 2 aromatic carbocycles. The molecule has 1 saturated carbocycles. The molecule has 2 atom stereocenters. The average molecular weight is 494 g/mol. The van der Waals surface area contributed by atoms with Crippen molar-refractivity contribution >= 4 is 44.0 Å². The van der Waals surface area contributed by atoms with Gasteiger partial charge in [-0.15, -0.1) is 11.6 Å². The van der Waals surface area contributed by atoms with Gasteiger partial charge >= 0.3 is 0 Å². The highest BCUT2D eigenvalue weighted by atomic mass is 35.5. The summed E-state index contributed by atoms with van der Waals surface area (Å²) < 4.78 is 41.8. The third-order valence-corrected chi connectivity index (χ3v) is 8.98. The Morgan fingerprint density at radius 3 is 2.53 bits per heavy atom. The maximum atomic E-state index is 14.0. The fourth-order valence-corrected chi connectivity index (χ4v) is 6.32. The van der Waals surface area contributed by atoms with Gasteiger partial charge in [0.1, 0.15) is 5.82 Å². The minimum absolute atomic E-state index is 0.0807. The molecule has 32 heavy (non-hydrogen) atoms. The van der Waals surface area contributed by atoms with Crippen molar-refractivity contribution in [1.29, 1.82) is 0 Å². The van der Waals surface area contributed by atoms with Crippen LogP contribution in [0.4, 0.5) is 9.52 Å². The number of carbonyl (C=O) groups excluding carboxylic acids is 1. The van der Waals surface area contributed by atoms with E-state index in [0.717, 1.165) is 22.5 Å². The number of likely N-dealkylation sites (N-methyl/N-ethyl adjacent to an activating group) is 1. The lowest BCUT2D eigenvalue weighted by Crippen LogP contribution is -2.27. The zero-order valence-electron chi connectivity index (χ0n) is 17.4. The minimum atomic E-state index is -3.74. The number of sulfonamides is 1. The summed E-state index contributed by atoms with van der Waals surface area (Å²) in [6.07, 6.45) is 0.697. The molecular formula is C22H21ClFN3O3S2. The predicted molar refractivity (Wildman–Crippen MR) is 124 cm³/mol. The topological polar surface area (TPSA) is 79.4 Å². The van der Waals surface area contributed by atoms with Gasteiger partial charge in [0.2, 0.25) is 5.91 Å². The number of nitrogens with zero attached hydrogens (tertiary/aromatic N) is 2. The smallest absolute Gasteiger partial charge is 0.252 e. The van der Waals surface area contributed by atoms with Gasteiger partial charge in [-0.1, -0.05) is 53.8 Å². The molecule has 168 valence electrons. The lowest BCUT2D eigenvalue weighted by atomic mass is 10.0. The van der Waals surface area contributed by atoms with Crippen molar-refractivity contribution in [2.24, 2.45) is 0 Å². The normalized spacial score (nSPS) is 17.9. The third kappa shape index (κ3) is 4.85. The van der Waals surface area contributed by atoms with Gasteiger partial charge in [-0.05, 0) is 30.5 Å². The molecule has 6 nitrogen and oxygen atoms in total. The second-order valence-electron chi connectivity index (χ2n) is 7.66. The van der Waals surface area contributed by atoms with Crippen LogP contribution in [-0.4, -0.2) is 37.8 Å². The SMILES string of the molecule is Cc1nc(N(C)C(=O)Cc2ccc(-c3ccccc3F)cc2)sc1S(=O)(=O)NC1CC1Cl. The summed E-state index contributed by atoms with van der Waals surface area (Å²) in [6, 6.07) is 13.3. The number of thiazole rings is 1. The van der Waals surface area contributed by atoms with Crippen LogP contribution in [0.1, 0.15) is 17.7 Å². The van der Waals surface area contributed by atoms with Crippen molar-refractivity contribution < 1.29 is 17.6 Å². The van der Waals surface area contributed by atoms with Crippen molar-refractivity contribution in [2.45, 2.75) is 35.4 Å². The average Bonchev–Trinajstić information content (AvgIpc) is 3.27. The number of aromatic nitrogens is 1.